The summed E-state index contributed by atoms with van der Waals surface area (Å²) in [4.78, 5) is 28.8. The van der Waals surface area contributed by atoms with Crippen molar-refractivity contribution >= 4 is 34.3 Å². The summed E-state index contributed by atoms with van der Waals surface area (Å²) < 4.78 is 23.7. The van der Waals surface area contributed by atoms with Crippen LogP contribution in [0, 0.1) is 5.82 Å². The molecule has 0 aliphatic carbocycles. The van der Waals surface area contributed by atoms with Gasteiger partial charge in [-0.25, -0.2) is 19.0 Å². The third kappa shape index (κ3) is 5.12. The number of benzene rings is 3. The van der Waals surface area contributed by atoms with Gasteiger partial charge in [-0.05, 0) is 73.7 Å². The molecule has 0 aliphatic heterocycles. The van der Waals surface area contributed by atoms with Gasteiger partial charge in [-0.3, -0.25) is 0 Å². The maximum Gasteiger partial charge on any atom is 0.338 e. The predicted octanol–water partition coefficient (Wildman–Crippen LogP) is 5.87. The number of pyridine rings is 1. The summed E-state index contributed by atoms with van der Waals surface area (Å²) in [6.45, 7) is 2.03. The monoisotopic (exact) mass is 459 g/mol. The molecule has 2 N–H and O–H groups in total. The first-order chi connectivity index (χ1) is 16.5. The number of urea groups is 1. The SMILES string of the molecule is CCOC(=O)c1ccc(NC(=O)Nc2ccc3nc(-c4ccc(F)cc4)cc(OC)c3c2)cc1. The van der Waals surface area contributed by atoms with Gasteiger partial charge in [-0.15, -0.1) is 0 Å². The van der Waals surface area contributed by atoms with Gasteiger partial charge < -0.3 is 20.1 Å². The molecule has 0 atom stereocenters. The smallest absolute Gasteiger partial charge is 0.338 e. The minimum atomic E-state index is -0.446. The molecule has 7 nitrogen and oxygen atoms in total. The summed E-state index contributed by atoms with van der Waals surface area (Å²) in [5, 5.41) is 6.21. The van der Waals surface area contributed by atoms with Gasteiger partial charge in [0.2, 0.25) is 0 Å². The zero-order valence-corrected chi connectivity index (χ0v) is 18.6. The summed E-state index contributed by atoms with van der Waals surface area (Å²) in [6.07, 6.45) is 0. The number of halogens is 1. The van der Waals surface area contributed by atoms with Crippen molar-refractivity contribution in [2.24, 2.45) is 0 Å². The van der Waals surface area contributed by atoms with Crippen LogP contribution >= 0.6 is 0 Å². The predicted molar refractivity (Wildman–Crippen MR) is 129 cm³/mol. The van der Waals surface area contributed by atoms with E-state index < -0.39 is 12.0 Å². The Balaban J connectivity index is 1.51. The molecule has 3 aromatic carbocycles. The summed E-state index contributed by atoms with van der Waals surface area (Å²) in [5.74, 6) is -0.164. The van der Waals surface area contributed by atoms with Crippen LogP contribution in [0.3, 0.4) is 0 Å². The highest BCUT2D eigenvalue weighted by atomic mass is 19.1. The van der Waals surface area contributed by atoms with E-state index in [1.165, 1.54) is 12.1 Å². The number of nitrogens with one attached hydrogen (secondary N) is 2. The van der Waals surface area contributed by atoms with Gasteiger partial charge in [0.15, 0.2) is 0 Å². The Morgan fingerprint density at radius 3 is 2.26 bits per heavy atom. The minimum Gasteiger partial charge on any atom is -0.496 e. The van der Waals surface area contributed by atoms with Crippen LogP contribution in [0.25, 0.3) is 22.2 Å². The van der Waals surface area contributed by atoms with Crippen LogP contribution in [0.15, 0.2) is 72.8 Å². The molecule has 1 aromatic heterocycles. The van der Waals surface area contributed by atoms with Gasteiger partial charge in [0.1, 0.15) is 11.6 Å². The number of ether oxygens (including phenoxy) is 2. The van der Waals surface area contributed by atoms with Gasteiger partial charge in [0.05, 0.1) is 30.5 Å². The first-order valence-electron chi connectivity index (χ1n) is 10.6. The van der Waals surface area contributed by atoms with E-state index in [-0.39, 0.29) is 5.82 Å². The third-order valence-corrected chi connectivity index (χ3v) is 5.04. The maximum atomic E-state index is 13.3. The average Bonchev–Trinajstić information content (AvgIpc) is 2.84. The number of hydrogen-bond acceptors (Lipinski definition) is 5. The van der Waals surface area contributed by atoms with Crippen molar-refractivity contribution < 1.29 is 23.5 Å². The molecule has 0 radical (unpaired) electrons. The highest BCUT2D eigenvalue weighted by molar-refractivity contribution is 6.02. The Bertz CT molecular complexity index is 1340. The lowest BCUT2D eigenvalue weighted by Crippen LogP contribution is -2.19. The van der Waals surface area contributed by atoms with Crippen molar-refractivity contribution in [2.75, 3.05) is 24.4 Å². The van der Waals surface area contributed by atoms with Crippen LogP contribution < -0.4 is 15.4 Å². The van der Waals surface area contributed by atoms with E-state index >= 15 is 0 Å². The minimum absolute atomic E-state index is 0.293. The maximum absolute atomic E-state index is 13.3. The normalized spacial score (nSPS) is 10.6. The van der Waals surface area contributed by atoms with Crippen molar-refractivity contribution in [3.63, 3.8) is 0 Å². The van der Waals surface area contributed by atoms with Gasteiger partial charge in [0, 0.05) is 28.4 Å². The summed E-state index contributed by atoms with van der Waals surface area (Å²) >= 11 is 0. The molecule has 2 amide bonds. The van der Waals surface area contributed by atoms with Crippen LogP contribution in [0.5, 0.6) is 5.75 Å². The summed E-state index contributed by atoms with van der Waals surface area (Å²) in [5.41, 5.74) is 3.55. The second kappa shape index (κ2) is 9.99. The summed E-state index contributed by atoms with van der Waals surface area (Å²) in [6, 6.07) is 19.1. The van der Waals surface area contributed by atoms with E-state index in [1.54, 1.807) is 74.7 Å². The number of anilines is 2. The van der Waals surface area contributed by atoms with E-state index in [4.69, 9.17) is 9.47 Å². The molecule has 34 heavy (non-hydrogen) atoms. The first kappa shape index (κ1) is 22.7. The van der Waals surface area contributed by atoms with E-state index in [0.717, 1.165) is 5.56 Å². The van der Waals surface area contributed by atoms with Crippen LogP contribution in [-0.4, -0.2) is 30.7 Å². The zero-order valence-electron chi connectivity index (χ0n) is 18.6. The Morgan fingerprint density at radius 2 is 1.59 bits per heavy atom. The standard InChI is InChI=1S/C26H22FN3O4/c1-3-34-25(31)17-6-10-19(11-7-17)28-26(32)29-20-12-13-22-21(14-20)24(33-2)15-23(30-22)16-4-8-18(27)9-5-16/h4-15H,3H2,1-2H3,(H2,28,29,32). The van der Waals surface area contributed by atoms with Crippen molar-refractivity contribution in [2.45, 2.75) is 6.92 Å². The first-order valence-corrected chi connectivity index (χ1v) is 10.6. The van der Waals surface area contributed by atoms with Crippen LogP contribution in [0.4, 0.5) is 20.6 Å². The molecule has 1 heterocycles. The Morgan fingerprint density at radius 1 is 0.912 bits per heavy atom. The fraction of sp³-hybridized carbons (Fsp3) is 0.115. The van der Waals surface area contributed by atoms with E-state index in [1.807, 2.05) is 0 Å². The molecule has 172 valence electrons. The van der Waals surface area contributed by atoms with Gasteiger partial charge in [-0.1, -0.05) is 0 Å². The van der Waals surface area contributed by atoms with Crippen molar-refractivity contribution in [1.82, 2.24) is 4.98 Å². The van der Waals surface area contributed by atoms with Crippen molar-refractivity contribution in [3.8, 4) is 17.0 Å². The lowest BCUT2D eigenvalue weighted by Gasteiger charge is -2.12. The molecule has 4 rings (SSSR count). The van der Waals surface area contributed by atoms with Crippen molar-refractivity contribution in [3.05, 3.63) is 84.2 Å². The molecule has 0 saturated heterocycles. The molecule has 0 aliphatic rings. The number of hydrogen-bond donors (Lipinski definition) is 2. The third-order valence-electron chi connectivity index (χ3n) is 5.04. The second-order valence-electron chi connectivity index (χ2n) is 7.33. The Hall–Kier alpha value is -4.46. The number of aromatic nitrogens is 1. The molecule has 0 bridgehead atoms. The molecule has 4 aromatic rings. The summed E-state index contributed by atoms with van der Waals surface area (Å²) in [7, 11) is 1.55. The molecular weight excluding hydrogens is 437 g/mol. The fourth-order valence-electron chi connectivity index (χ4n) is 3.41. The van der Waals surface area contributed by atoms with Crippen LogP contribution in [0.2, 0.25) is 0 Å². The van der Waals surface area contributed by atoms with Crippen LogP contribution in [-0.2, 0) is 4.74 Å². The molecule has 0 fully saturated rings. The Labute approximate surface area is 195 Å². The second-order valence-corrected chi connectivity index (χ2v) is 7.33. The largest absolute Gasteiger partial charge is 0.496 e. The van der Waals surface area contributed by atoms with E-state index in [0.29, 0.717) is 45.9 Å². The zero-order chi connectivity index (χ0) is 24.1. The van der Waals surface area contributed by atoms with Gasteiger partial charge in [0.25, 0.3) is 0 Å². The fourth-order valence-corrected chi connectivity index (χ4v) is 3.41. The number of nitrogens with zero attached hydrogens (tertiary/aromatic N) is 1. The van der Waals surface area contributed by atoms with Gasteiger partial charge >= 0.3 is 12.0 Å². The topological polar surface area (TPSA) is 89.5 Å². The average molecular weight is 459 g/mol. The lowest BCUT2D eigenvalue weighted by atomic mass is 10.1. The Kier molecular flexibility index (Phi) is 6.68. The number of amides is 2. The number of rotatable bonds is 6. The van der Waals surface area contributed by atoms with Crippen molar-refractivity contribution in [1.29, 1.82) is 0 Å². The molecule has 0 saturated carbocycles. The molecular formula is C26H22FN3O4. The molecule has 0 unspecified atom stereocenters. The quantitative estimate of drug-likeness (QED) is 0.352. The van der Waals surface area contributed by atoms with E-state index in [2.05, 4.69) is 15.6 Å². The number of methoxy groups -OCH3 is 1. The van der Waals surface area contributed by atoms with Gasteiger partial charge in [-0.2, -0.15) is 0 Å². The number of carbonyl (C=O) groups excluding carboxylic acids is 2. The molecule has 0 spiro atoms. The number of esters is 1. The number of fused-ring (bicyclic) bond motifs is 1. The highest BCUT2D eigenvalue weighted by Crippen LogP contribution is 2.32. The lowest BCUT2D eigenvalue weighted by molar-refractivity contribution is 0.0526. The van der Waals surface area contributed by atoms with Crippen LogP contribution in [0.1, 0.15) is 17.3 Å². The highest BCUT2D eigenvalue weighted by Gasteiger charge is 2.11. The van der Waals surface area contributed by atoms with E-state index in [9.17, 15) is 14.0 Å². The molecule has 8 heteroatoms. The number of carbonyl (C=O) groups is 2.